The van der Waals surface area contributed by atoms with Gasteiger partial charge in [0.15, 0.2) is 0 Å². The van der Waals surface area contributed by atoms with Gasteiger partial charge in [-0.15, -0.1) is 0 Å². The SMILES string of the molecule is Cc1ccc(C2=C(Nc3ccc(C(C)C)cc3)C(=O)N(c3cc(Cl)ccc3C)C2=O)c(C)c1. The molecule has 1 aliphatic rings. The fourth-order valence-corrected chi connectivity index (χ4v) is 4.29. The van der Waals surface area contributed by atoms with Crippen LogP contribution in [-0.2, 0) is 9.59 Å². The van der Waals surface area contributed by atoms with E-state index in [1.165, 1.54) is 10.5 Å². The number of aryl methyl sites for hydroxylation is 3. The number of nitrogens with one attached hydrogen (secondary N) is 1. The van der Waals surface area contributed by atoms with E-state index < -0.39 is 5.91 Å². The standard InChI is InChI=1S/C28H27ClN2O2/c1-16(2)20-8-11-22(12-9-20)30-26-25(23-13-6-17(3)14-19(23)5)27(32)31(28(26)33)24-15-21(29)10-7-18(24)4/h6-16,30H,1-5H3. The first-order chi connectivity index (χ1) is 15.7. The van der Waals surface area contributed by atoms with Crippen LogP contribution in [0, 0.1) is 20.8 Å². The summed E-state index contributed by atoms with van der Waals surface area (Å²) in [4.78, 5) is 28.6. The molecule has 0 atom stereocenters. The molecule has 0 unspecified atom stereocenters. The number of nitrogens with zero attached hydrogens (tertiary/aromatic N) is 1. The lowest BCUT2D eigenvalue weighted by Crippen LogP contribution is -2.33. The second-order valence-electron chi connectivity index (χ2n) is 8.85. The summed E-state index contributed by atoms with van der Waals surface area (Å²) in [6.45, 7) is 10.1. The highest BCUT2D eigenvalue weighted by Gasteiger charge is 2.41. The first kappa shape index (κ1) is 22.8. The molecule has 1 heterocycles. The van der Waals surface area contributed by atoms with E-state index >= 15 is 0 Å². The molecule has 0 saturated heterocycles. The van der Waals surface area contributed by atoms with Crippen molar-refractivity contribution in [3.63, 3.8) is 0 Å². The van der Waals surface area contributed by atoms with E-state index in [-0.39, 0.29) is 11.6 Å². The Morgan fingerprint density at radius 3 is 2.15 bits per heavy atom. The maximum atomic E-state index is 13.7. The number of imide groups is 1. The molecule has 1 aliphatic heterocycles. The largest absolute Gasteiger partial charge is 0.350 e. The number of carbonyl (C=O) groups is 2. The lowest BCUT2D eigenvalue weighted by Gasteiger charge is -2.18. The quantitative estimate of drug-likeness (QED) is 0.428. The minimum absolute atomic E-state index is 0.267. The summed E-state index contributed by atoms with van der Waals surface area (Å²) >= 11 is 6.21. The van der Waals surface area contributed by atoms with E-state index in [4.69, 9.17) is 11.6 Å². The zero-order valence-electron chi connectivity index (χ0n) is 19.5. The van der Waals surface area contributed by atoms with E-state index in [9.17, 15) is 9.59 Å². The Hall–Kier alpha value is -3.37. The monoisotopic (exact) mass is 458 g/mol. The highest BCUT2D eigenvalue weighted by atomic mass is 35.5. The molecule has 0 radical (unpaired) electrons. The topological polar surface area (TPSA) is 49.4 Å². The van der Waals surface area contributed by atoms with Gasteiger partial charge in [-0.1, -0.05) is 67.4 Å². The molecule has 0 fully saturated rings. The van der Waals surface area contributed by atoms with Crippen molar-refractivity contribution in [3.8, 4) is 0 Å². The molecule has 168 valence electrons. The van der Waals surface area contributed by atoms with Crippen LogP contribution in [0.2, 0.25) is 5.02 Å². The van der Waals surface area contributed by atoms with Crippen molar-refractivity contribution in [2.24, 2.45) is 0 Å². The van der Waals surface area contributed by atoms with Crippen LogP contribution in [0.25, 0.3) is 5.57 Å². The second-order valence-corrected chi connectivity index (χ2v) is 9.28. The Morgan fingerprint density at radius 1 is 0.818 bits per heavy atom. The zero-order valence-corrected chi connectivity index (χ0v) is 20.2. The number of rotatable bonds is 5. The van der Waals surface area contributed by atoms with Gasteiger partial charge in [0.05, 0.1) is 11.3 Å². The molecule has 0 spiro atoms. The minimum atomic E-state index is -0.395. The summed E-state index contributed by atoms with van der Waals surface area (Å²) in [6.07, 6.45) is 0. The highest BCUT2D eigenvalue weighted by molar-refractivity contribution is 6.46. The lowest BCUT2D eigenvalue weighted by molar-refractivity contribution is -0.120. The fraction of sp³-hybridized carbons (Fsp3) is 0.214. The lowest BCUT2D eigenvalue weighted by atomic mass is 9.97. The molecule has 3 aromatic carbocycles. The molecule has 3 aromatic rings. The molecule has 1 N–H and O–H groups in total. The number of hydrogen-bond acceptors (Lipinski definition) is 3. The summed E-state index contributed by atoms with van der Waals surface area (Å²) in [5.41, 5.74) is 6.64. The molecule has 0 bridgehead atoms. The Labute approximate surface area is 199 Å². The maximum absolute atomic E-state index is 13.7. The molecule has 0 aliphatic carbocycles. The average Bonchev–Trinajstić information content (AvgIpc) is 3.00. The van der Waals surface area contributed by atoms with E-state index in [1.807, 2.05) is 69.3 Å². The van der Waals surface area contributed by atoms with Crippen molar-refractivity contribution < 1.29 is 9.59 Å². The predicted molar refractivity (Wildman–Crippen MR) is 136 cm³/mol. The number of anilines is 2. The van der Waals surface area contributed by atoms with Crippen LogP contribution in [0.3, 0.4) is 0 Å². The van der Waals surface area contributed by atoms with Crippen LogP contribution < -0.4 is 10.2 Å². The predicted octanol–water partition coefficient (Wildman–Crippen LogP) is 6.79. The number of carbonyl (C=O) groups excluding carboxylic acids is 2. The number of halogens is 1. The Kier molecular flexibility index (Phi) is 6.13. The molecule has 2 amide bonds. The Bertz CT molecular complexity index is 1290. The van der Waals surface area contributed by atoms with Gasteiger partial charge < -0.3 is 5.32 Å². The normalized spacial score (nSPS) is 14.0. The first-order valence-electron chi connectivity index (χ1n) is 11.0. The van der Waals surface area contributed by atoms with E-state index in [2.05, 4.69) is 19.2 Å². The summed E-state index contributed by atoms with van der Waals surface area (Å²) in [7, 11) is 0. The number of hydrogen-bond donors (Lipinski definition) is 1. The van der Waals surface area contributed by atoms with Crippen LogP contribution in [0.1, 0.15) is 47.6 Å². The summed E-state index contributed by atoms with van der Waals surface area (Å²) in [6, 6.07) is 19.0. The van der Waals surface area contributed by atoms with Crippen molar-refractivity contribution in [2.75, 3.05) is 10.2 Å². The molecule has 33 heavy (non-hydrogen) atoms. The summed E-state index contributed by atoms with van der Waals surface area (Å²) in [5.74, 6) is -0.355. The molecular weight excluding hydrogens is 432 g/mol. The Balaban J connectivity index is 1.85. The minimum Gasteiger partial charge on any atom is -0.350 e. The smallest absolute Gasteiger partial charge is 0.282 e. The van der Waals surface area contributed by atoms with Gasteiger partial charge in [-0.2, -0.15) is 0 Å². The van der Waals surface area contributed by atoms with Gasteiger partial charge in [0.25, 0.3) is 11.8 Å². The third-order valence-electron chi connectivity index (χ3n) is 5.99. The van der Waals surface area contributed by atoms with Crippen molar-refractivity contribution in [1.82, 2.24) is 0 Å². The number of amides is 2. The molecule has 0 aromatic heterocycles. The van der Waals surface area contributed by atoms with Crippen molar-refractivity contribution >= 4 is 40.4 Å². The van der Waals surface area contributed by atoms with Gasteiger partial charge in [0, 0.05) is 10.7 Å². The molecule has 4 rings (SSSR count). The Morgan fingerprint density at radius 2 is 1.52 bits per heavy atom. The molecular formula is C28H27ClN2O2. The first-order valence-corrected chi connectivity index (χ1v) is 11.4. The summed E-state index contributed by atoms with van der Waals surface area (Å²) < 4.78 is 0. The van der Waals surface area contributed by atoms with Crippen molar-refractivity contribution in [3.05, 3.63) is 99.2 Å². The van der Waals surface area contributed by atoms with E-state index in [1.54, 1.807) is 12.1 Å². The van der Waals surface area contributed by atoms with Crippen LogP contribution in [-0.4, -0.2) is 11.8 Å². The van der Waals surface area contributed by atoms with Crippen molar-refractivity contribution in [2.45, 2.75) is 40.5 Å². The third kappa shape index (κ3) is 4.31. The van der Waals surface area contributed by atoms with Crippen LogP contribution >= 0.6 is 11.6 Å². The highest BCUT2D eigenvalue weighted by Crippen LogP contribution is 2.37. The third-order valence-corrected chi connectivity index (χ3v) is 6.23. The van der Waals surface area contributed by atoms with Crippen molar-refractivity contribution in [1.29, 1.82) is 0 Å². The van der Waals surface area contributed by atoms with Crippen LogP contribution in [0.4, 0.5) is 11.4 Å². The van der Waals surface area contributed by atoms with Crippen LogP contribution in [0.5, 0.6) is 0 Å². The van der Waals surface area contributed by atoms with E-state index in [0.717, 1.165) is 27.9 Å². The fourth-order valence-electron chi connectivity index (χ4n) is 4.13. The van der Waals surface area contributed by atoms with Gasteiger partial charge in [0.2, 0.25) is 0 Å². The summed E-state index contributed by atoms with van der Waals surface area (Å²) in [5, 5.41) is 3.71. The zero-order chi connectivity index (χ0) is 23.9. The van der Waals surface area contributed by atoms with Crippen LogP contribution in [0.15, 0.2) is 66.4 Å². The molecule has 0 saturated carbocycles. The average molecular weight is 459 g/mol. The van der Waals surface area contributed by atoms with Gasteiger partial charge in [-0.3, -0.25) is 9.59 Å². The molecule has 5 heteroatoms. The van der Waals surface area contributed by atoms with Gasteiger partial charge in [0.1, 0.15) is 5.70 Å². The van der Waals surface area contributed by atoms with Gasteiger partial charge in [-0.25, -0.2) is 4.90 Å². The van der Waals surface area contributed by atoms with Gasteiger partial charge >= 0.3 is 0 Å². The van der Waals surface area contributed by atoms with Gasteiger partial charge in [-0.05, 0) is 73.2 Å². The second kappa shape index (κ2) is 8.87. The van der Waals surface area contributed by atoms with E-state index in [0.29, 0.717) is 22.2 Å². The maximum Gasteiger partial charge on any atom is 0.282 e. The number of benzene rings is 3. The molecule has 4 nitrogen and oxygen atoms in total.